The Bertz CT molecular complexity index is 1030. The van der Waals surface area contributed by atoms with Crippen LogP contribution in [0.3, 0.4) is 0 Å². The van der Waals surface area contributed by atoms with Crippen molar-refractivity contribution in [3.63, 3.8) is 0 Å². The molecule has 0 bridgehead atoms. The van der Waals surface area contributed by atoms with Crippen LogP contribution < -0.4 is 5.32 Å². The second kappa shape index (κ2) is 56.7. The standard InChI is InChI=1S/C61H115NO3/c1-3-5-7-9-11-13-15-17-19-21-23-25-26-27-28-29-30-31-32-33-34-35-36-37-39-41-43-45-47-49-51-53-55-57-61(65)62-59(58-63)60(64)56-54-52-50-48-46-44-42-40-38-24-22-20-18-16-14-12-10-8-6-4-2/h23,25,27-28,46,48,54,56,59-60,63-64H,3-22,24,26,29-45,47,49-53,55,57-58H2,1-2H3,(H,62,65)/b25-23-,28-27-,48-46+,56-54+. The van der Waals surface area contributed by atoms with E-state index in [1.54, 1.807) is 6.08 Å². The van der Waals surface area contributed by atoms with Crippen LogP contribution in [0.25, 0.3) is 0 Å². The number of hydrogen-bond acceptors (Lipinski definition) is 3. The van der Waals surface area contributed by atoms with E-state index in [9.17, 15) is 15.0 Å². The van der Waals surface area contributed by atoms with Crippen LogP contribution in [-0.2, 0) is 4.79 Å². The third-order valence-electron chi connectivity index (χ3n) is 13.5. The number of carbonyl (C=O) groups excluding carboxylic acids is 1. The molecule has 0 aliphatic rings. The van der Waals surface area contributed by atoms with E-state index in [1.165, 1.54) is 257 Å². The van der Waals surface area contributed by atoms with Gasteiger partial charge in [-0.3, -0.25) is 4.79 Å². The smallest absolute Gasteiger partial charge is 0.220 e. The Hall–Kier alpha value is -1.65. The van der Waals surface area contributed by atoms with Gasteiger partial charge in [-0.05, 0) is 64.2 Å². The zero-order valence-corrected chi connectivity index (χ0v) is 44.0. The first-order valence-corrected chi connectivity index (χ1v) is 29.4. The summed E-state index contributed by atoms with van der Waals surface area (Å²) in [4.78, 5) is 12.5. The van der Waals surface area contributed by atoms with E-state index in [0.717, 1.165) is 38.5 Å². The lowest BCUT2D eigenvalue weighted by molar-refractivity contribution is -0.123. The van der Waals surface area contributed by atoms with Gasteiger partial charge < -0.3 is 15.5 Å². The van der Waals surface area contributed by atoms with Crippen molar-refractivity contribution in [1.29, 1.82) is 0 Å². The lowest BCUT2D eigenvalue weighted by atomic mass is 10.0. The second-order valence-corrected chi connectivity index (χ2v) is 20.1. The van der Waals surface area contributed by atoms with Crippen LogP contribution in [0.4, 0.5) is 0 Å². The van der Waals surface area contributed by atoms with E-state index in [2.05, 4.69) is 55.6 Å². The van der Waals surface area contributed by atoms with E-state index < -0.39 is 12.1 Å². The lowest BCUT2D eigenvalue weighted by Crippen LogP contribution is -2.45. The summed E-state index contributed by atoms with van der Waals surface area (Å²) in [5.41, 5.74) is 0. The van der Waals surface area contributed by atoms with Crippen molar-refractivity contribution in [3.05, 3.63) is 48.6 Å². The summed E-state index contributed by atoms with van der Waals surface area (Å²) in [5, 5.41) is 23.1. The highest BCUT2D eigenvalue weighted by molar-refractivity contribution is 5.76. The highest BCUT2D eigenvalue weighted by Gasteiger charge is 2.18. The van der Waals surface area contributed by atoms with Gasteiger partial charge in [-0.25, -0.2) is 0 Å². The number of aliphatic hydroxyl groups excluding tert-OH is 2. The minimum Gasteiger partial charge on any atom is -0.394 e. The van der Waals surface area contributed by atoms with Gasteiger partial charge in [-0.15, -0.1) is 0 Å². The molecule has 0 aromatic heterocycles. The van der Waals surface area contributed by atoms with Crippen LogP contribution in [0, 0.1) is 0 Å². The molecule has 0 heterocycles. The first-order valence-electron chi connectivity index (χ1n) is 29.4. The van der Waals surface area contributed by atoms with Crippen LogP contribution in [0.2, 0.25) is 0 Å². The lowest BCUT2D eigenvalue weighted by Gasteiger charge is -2.19. The molecular formula is C61H115NO3. The minimum absolute atomic E-state index is 0.0699. The average molecular weight is 911 g/mol. The molecule has 0 aliphatic carbocycles. The van der Waals surface area contributed by atoms with Gasteiger partial charge in [0, 0.05) is 6.42 Å². The van der Waals surface area contributed by atoms with Crippen LogP contribution >= 0.6 is 0 Å². The van der Waals surface area contributed by atoms with Gasteiger partial charge in [0.15, 0.2) is 0 Å². The number of amides is 1. The third kappa shape index (κ3) is 53.2. The largest absolute Gasteiger partial charge is 0.394 e. The van der Waals surface area contributed by atoms with Crippen molar-refractivity contribution in [2.45, 2.75) is 328 Å². The zero-order chi connectivity index (χ0) is 47.0. The fourth-order valence-corrected chi connectivity index (χ4v) is 9.05. The van der Waals surface area contributed by atoms with Gasteiger partial charge in [0.25, 0.3) is 0 Å². The van der Waals surface area contributed by atoms with Crippen molar-refractivity contribution in [3.8, 4) is 0 Å². The summed E-state index contributed by atoms with van der Waals surface area (Å²) in [6, 6.07) is -0.640. The molecule has 382 valence electrons. The van der Waals surface area contributed by atoms with Crippen LogP contribution in [-0.4, -0.2) is 34.9 Å². The molecule has 0 aromatic rings. The summed E-state index contributed by atoms with van der Waals surface area (Å²) in [7, 11) is 0. The summed E-state index contributed by atoms with van der Waals surface area (Å²) in [6.45, 7) is 4.32. The molecule has 4 nitrogen and oxygen atoms in total. The first-order chi connectivity index (χ1) is 32.2. The Kier molecular flexibility index (Phi) is 55.2. The highest BCUT2D eigenvalue weighted by Crippen LogP contribution is 2.17. The van der Waals surface area contributed by atoms with Crippen molar-refractivity contribution in [2.24, 2.45) is 0 Å². The Labute approximate surface area is 407 Å². The first kappa shape index (κ1) is 63.4. The minimum atomic E-state index is -0.863. The molecule has 0 radical (unpaired) electrons. The Balaban J connectivity index is 3.49. The molecule has 0 fully saturated rings. The van der Waals surface area contributed by atoms with Crippen molar-refractivity contribution >= 4 is 5.91 Å². The number of carbonyl (C=O) groups is 1. The molecule has 3 N–H and O–H groups in total. The maximum atomic E-state index is 12.5. The van der Waals surface area contributed by atoms with Gasteiger partial charge >= 0.3 is 0 Å². The fourth-order valence-electron chi connectivity index (χ4n) is 9.05. The number of allylic oxidation sites excluding steroid dienone is 7. The van der Waals surface area contributed by atoms with Crippen LogP contribution in [0.1, 0.15) is 316 Å². The molecule has 0 aromatic carbocycles. The van der Waals surface area contributed by atoms with Gasteiger partial charge in [-0.1, -0.05) is 294 Å². The van der Waals surface area contributed by atoms with E-state index in [4.69, 9.17) is 0 Å². The van der Waals surface area contributed by atoms with Gasteiger partial charge in [0.05, 0.1) is 18.8 Å². The molecule has 0 saturated carbocycles. The van der Waals surface area contributed by atoms with Gasteiger partial charge in [0.2, 0.25) is 5.91 Å². The monoisotopic (exact) mass is 910 g/mol. The Morgan fingerprint density at radius 3 is 0.985 bits per heavy atom. The SMILES string of the molecule is CCCCCCCCCCC/C=C\C/C=C\CCCCCCCCCCCCCCCCCCCC(=O)NC(CO)C(O)/C=C/CC/C=C/CCCCCCCCCCCCCCCC. The molecule has 0 rings (SSSR count). The topological polar surface area (TPSA) is 69.6 Å². The zero-order valence-electron chi connectivity index (χ0n) is 44.0. The number of hydrogen-bond donors (Lipinski definition) is 3. The van der Waals surface area contributed by atoms with Gasteiger partial charge in [-0.2, -0.15) is 0 Å². The van der Waals surface area contributed by atoms with E-state index >= 15 is 0 Å². The average Bonchev–Trinajstić information content (AvgIpc) is 3.31. The molecule has 65 heavy (non-hydrogen) atoms. The third-order valence-corrected chi connectivity index (χ3v) is 13.5. The van der Waals surface area contributed by atoms with E-state index in [1.807, 2.05) is 6.08 Å². The highest BCUT2D eigenvalue weighted by atomic mass is 16.3. The number of rotatable bonds is 54. The summed E-state index contributed by atoms with van der Waals surface area (Å²) in [6.07, 6.45) is 78.6. The number of unbranched alkanes of at least 4 members (excludes halogenated alkanes) is 41. The van der Waals surface area contributed by atoms with E-state index in [-0.39, 0.29) is 12.5 Å². The molecule has 4 heteroatoms. The maximum absolute atomic E-state index is 12.5. The summed E-state index contributed by atoms with van der Waals surface area (Å²) < 4.78 is 0. The Morgan fingerprint density at radius 2 is 0.646 bits per heavy atom. The molecule has 0 aliphatic heterocycles. The van der Waals surface area contributed by atoms with Gasteiger partial charge in [0.1, 0.15) is 0 Å². The molecule has 0 spiro atoms. The second-order valence-electron chi connectivity index (χ2n) is 20.1. The molecule has 2 atom stereocenters. The number of nitrogens with one attached hydrogen (secondary N) is 1. The summed E-state index contributed by atoms with van der Waals surface area (Å²) in [5.74, 6) is -0.0699. The molecule has 1 amide bonds. The van der Waals surface area contributed by atoms with Crippen LogP contribution in [0.15, 0.2) is 48.6 Å². The molecule has 0 saturated heterocycles. The quantitative estimate of drug-likeness (QED) is 0.0421. The van der Waals surface area contributed by atoms with Crippen molar-refractivity contribution in [2.75, 3.05) is 6.61 Å². The molecule has 2 unspecified atom stereocenters. The predicted molar refractivity (Wildman–Crippen MR) is 290 cm³/mol. The number of aliphatic hydroxyl groups is 2. The fraction of sp³-hybridized carbons (Fsp3) is 0.852. The predicted octanol–water partition coefficient (Wildman–Crippen LogP) is 19.4. The molecular weight excluding hydrogens is 795 g/mol. The van der Waals surface area contributed by atoms with Crippen molar-refractivity contribution in [1.82, 2.24) is 5.32 Å². The summed E-state index contributed by atoms with van der Waals surface area (Å²) >= 11 is 0. The van der Waals surface area contributed by atoms with Crippen molar-refractivity contribution < 1.29 is 15.0 Å². The van der Waals surface area contributed by atoms with E-state index in [0.29, 0.717) is 6.42 Å². The van der Waals surface area contributed by atoms with Crippen LogP contribution in [0.5, 0.6) is 0 Å². The Morgan fingerprint density at radius 1 is 0.369 bits per heavy atom. The normalized spacial score (nSPS) is 13.1. The maximum Gasteiger partial charge on any atom is 0.220 e.